The van der Waals surface area contributed by atoms with Gasteiger partial charge in [-0.05, 0) is 0 Å². The van der Waals surface area contributed by atoms with Gasteiger partial charge in [-0.1, -0.05) is 0 Å². The molecule has 0 saturated heterocycles. The van der Waals surface area contributed by atoms with Crippen molar-refractivity contribution in [1.29, 1.82) is 0 Å². The van der Waals surface area contributed by atoms with Crippen molar-refractivity contribution >= 4 is 18.1 Å². The standard InChI is InChI=1S/2C9H7.C4H11Si.Hf/c2*1-2-5-9-7-3-6-8(9)4-1;1-4(2)5-3;/h2*1-7H;4-5H,1-3H3;. The Morgan fingerprint density at radius 3 is 1.71 bits per heavy atom. The maximum atomic E-state index is 2.68. The van der Waals surface area contributed by atoms with Gasteiger partial charge in [0.25, 0.3) is 0 Å². The normalized spacial score (nSPS) is 21.8. The third-order valence-electron chi connectivity index (χ3n) is 5.84. The second-order valence-corrected chi connectivity index (χ2v) is 33.7. The van der Waals surface area contributed by atoms with Crippen molar-refractivity contribution in [2.75, 3.05) is 0 Å². The van der Waals surface area contributed by atoms with Crippen LogP contribution in [0.5, 0.6) is 0 Å². The van der Waals surface area contributed by atoms with Crippen LogP contribution in [0.25, 0.3) is 12.2 Å². The minimum absolute atomic E-state index is 0.704. The van der Waals surface area contributed by atoms with Crippen LogP contribution >= 0.6 is 0 Å². The van der Waals surface area contributed by atoms with Gasteiger partial charge in [0, 0.05) is 0 Å². The van der Waals surface area contributed by atoms with Gasteiger partial charge in [0.1, 0.15) is 0 Å². The summed E-state index contributed by atoms with van der Waals surface area (Å²) >= 11 is -1.93. The molecule has 2 aliphatic carbocycles. The van der Waals surface area contributed by atoms with E-state index < -0.39 is 26.6 Å². The van der Waals surface area contributed by atoms with Crippen molar-refractivity contribution in [3.63, 3.8) is 0 Å². The molecule has 0 radical (unpaired) electrons. The summed E-state index contributed by atoms with van der Waals surface area (Å²) in [7, 11) is 0. The Hall–Kier alpha value is -0.993. The van der Waals surface area contributed by atoms with Gasteiger partial charge >= 0.3 is 155 Å². The molecule has 4 rings (SSSR count). The Labute approximate surface area is 154 Å². The summed E-state index contributed by atoms with van der Waals surface area (Å²) in [5, 5.41) is 0. The molecule has 3 atom stereocenters. The predicted molar refractivity (Wildman–Crippen MR) is 105 cm³/mol. The topological polar surface area (TPSA) is 0 Å². The zero-order valence-corrected chi connectivity index (χ0v) is 19.5. The van der Waals surface area contributed by atoms with Crippen LogP contribution in [-0.4, -0.2) is 5.98 Å². The quantitative estimate of drug-likeness (QED) is 0.463. The molecule has 0 saturated carbocycles. The van der Waals surface area contributed by atoms with E-state index in [1.807, 2.05) is 0 Å². The minimum atomic E-state index is -1.93. The first-order valence-electron chi connectivity index (χ1n) is 9.07. The fourth-order valence-corrected chi connectivity index (χ4v) is 39.5. The summed E-state index contributed by atoms with van der Waals surface area (Å²) in [6.45, 7) is 7.64. The third-order valence-corrected chi connectivity index (χ3v) is 42.1. The van der Waals surface area contributed by atoms with Crippen molar-refractivity contribution in [3.8, 4) is 0 Å². The molecule has 2 heteroatoms. The van der Waals surface area contributed by atoms with Gasteiger partial charge in [-0.25, -0.2) is 0 Å². The van der Waals surface area contributed by atoms with Gasteiger partial charge in [0.15, 0.2) is 0 Å². The number of hydrogen-bond donors (Lipinski definition) is 0. The molecule has 3 unspecified atom stereocenters. The summed E-state index contributed by atoms with van der Waals surface area (Å²) in [6, 6.07) is 18.2. The van der Waals surface area contributed by atoms with Gasteiger partial charge in [0.05, 0.1) is 0 Å². The van der Waals surface area contributed by atoms with Gasteiger partial charge in [-0.15, -0.1) is 0 Å². The zero-order valence-electron chi connectivity index (χ0n) is 14.7. The fraction of sp³-hybridized carbons (Fsp3) is 0.273. The molecule has 0 amide bonds. The summed E-state index contributed by atoms with van der Waals surface area (Å²) in [5.74, 6) is -0.704. The van der Waals surface area contributed by atoms with Crippen molar-refractivity contribution < 1.29 is 20.6 Å². The Bertz CT molecular complexity index is 744. The van der Waals surface area contributed by atoms with Gasteiger partial charge < -0.3 is 0 Å². The molecule has 121 valence electrons. The molecule has 0 spiro atoms. The summed E-state index contributed by atoms with van der Waals surface area (Å²) in [4.78, 5) is 0. The SMILES string of the molecule is CC(C)[SiH](C)[Hf]([CH]1C=Cc2ccccc21)[CH]1C=Cc2ccccc21. The van der Waals surface area contributed by atoms with E-state index in [4.69, 9.17) is 0 Å². The van der Waals surface area contributed by atoms with Crippen molar-refractivity contribution in [3.05, 3.63) is 82.9 Å². The van der Waals surface area contributed by atoms with Crippen LogP contribution in [0.3, 0.4) is 0 Å². The number of fused-ring (bicyclic) bond motifs is 2. The van der Waals surface area contributed by atoms with Crippen LogP contribution in [0.1, 0.15) is 43.5 Å². The van der Waals surface area contributed by atoms with Gasteiger partial charge in [-0.2, -0.15) is 0 Å². The molecule has 0 bridgehead atoms. The van der Waals surface area contributed by atoms with Crippen LogP contribution < -0.4 is 0 Å². The van der Waals surface area contributed by atoms with Crippen molar-refractivity contribution in [2.24, 2.45) is 0 Å². The van der Waals surface area contributed by atoms with E-state index in [2.05, 4.69) is 93.2 Å². The van der Waals surface area contributed by atoms with E-state index in [1.165, 1.54) is 11.1 Å². The van der Waals surface area contributed by atoms with E-state index >= 15 is 0 Å². The maximum absolute atomic E-state index is 2.68. The van der Waals surface area contributed by atoms with Crippen LogP contribution in [0.4, 0.5) is 0 Å². The fourth-order valence-electron chi connectivity index (χ4n) is 4.23. The van der Waals surface area contributed by atoms with Gasteiger partial charge in [0.2, 0.25) is 0 Å². The Morgan fingerprint density at radius 2 is 1.25 bits per heavy atom. The first-order valence-corrected chi connectivity index (χ1v) is 21.8. The van der Waals surface area contributed by atoms with Crippen molar-refractivity contribution in [2.45, 2.75) is 33.3 Å². The van der Waals surface area contributed by atoms with Crippen LogP contribution in [0.2, 0.25) is 12.1 Å². The molecule has 0 aromatic heterocycles. The zero-order chi connectivity index (χ0) is 16.7. The third kappa shape index (κ3) is 2.78. The van der Waals surface area contributed by atoms with E-state index in [0.717, 1.165) is 12.9 Å². The summed E-state index contributed by atoms with van der Waals surface area (Å²) in [5.41, 5.74) is 7.14. The molecule has 24 heavy (non-hydrogen) atoms. The monoisotopic (exact) mass is 497 g/mol. The predicted octanol–water partition coefficient (Wildman–Crippen LogP) is 5.90. The molecule has 0 aliphatic heterocycles. The van der Waals surface area contributed by atoms with E-state index in [1.54, 1.807) is 11.1 Å². The van der Waals surface area contributed by atoms with Gasteiger partial charge in [-0.3, -0.25) is 0 Å². The molecule has 2 aliphatic rings. The van der Waals surface area contributed by atoms with E-state index in [9.17, 15) is 0 Å². The molecule has 2 aromatic rings. The Morgan fingerprint density at radius 1 is 0.792 bits per heavy atom. The molecular formula is C22H25HfSi. The molecular weight excluding hydrogens is 471 g/mol. The number of benzene rings is 2. The summed E-state index contributed by atoms with van der Waals surface area (Å²) in [6.07, 6.45) is 9.95. The molecule has 0 N–H and O–H groups in total. The van der Waals surface area contributed by atoms with Crippen LogP contribution in [0.15, 0.2) is 60.7 Å². The average Bonchev–Trinajstić information content (AvgIpc) is 3.20. The van der Waals surface area contributed by atoms with E-state index in [0.29, 0.717) is 0 Å². The Kier molecular flexibility index (Phi) is 4.61. The second kappa shape index (κ2) is 6.72. The average molecular weight is 496 g/mol. The number of hydrogen-bond acceptors (Lipinski definition) is 0. The van der Waals surface area contributed by atoms with E-state index in [-0.39, 0.29) is 0 Å². The molecule has 0 nitrogen and oxygen atoms in total. The Balaban J connectivity index is 1.78. The number of rotatable bonds is 4. The van der Waals surface area contributed by atoms with Crippen LogP contribution in [0, 0.1) is 0 Å². The first-order chi connectivity index (χ1) is 11.7. The molecule has 0 fully saturated rings. The second-order valence-electron chi connectivity index (χ2n) is 7.46. The molecule has 0 heterocycles. The molecule has 2 aromatic carbocycles. The van der Waals surface area contributed by atoms with Crippen LogP contribution in [-0.2, 0) is 20.6 Å². The summed E-state index contributed by atoms with van der Waals surface area (Å²) < 4.78 is 1.58. The number of allylic oxidation sites excluding steroid dienone is 2. The van der Waals surface area contributed by atoms with Crippen molar-refractivity contribution in [1.82, 2.24) is 0 Å². The first kappa shape index (κ1) is 16.5.